The minimum atomic E-state index is -0.155. The summed E-state index contributed by atoms with van der Waals surface area (Å²) >= 11 is 0. The van der Waals surface area contributed by atoms with E-state index in [-0.39, 0.29) is 10.8 Å². The first-order valence-corrected chi connectivity index (χ1v) is 21.7. The van der Waals surface area contributed by atoms with Crippen molar-refractivity contribution in [2.75, 3.05) is 0 Å². The van der Waals surface area contributed by atoms with Crippen LogP contribution in [0.2, 0.25) is 0 Å². The second kappa shape index (κ2) is 13.5. The summed E-state index contributed by atoms with van der Waals surface area (Å²) in [6.07, 6.45) is 0. The molecule has 0 unspecified atom stereocenters. The van der Waals surface area contributed by atoms with Crippen LogP contribution in [0.4, 0.5) is 0 Å². The molecule has 9 aromatic carbocycles. The van der Waals surface area contributed by atoms with Crippen LogP contribution in [0.25, 0.3) is 100.0 Å². The Kier molecular flexibility index (Phi) is 7.96. The first-order valence-electron chi connectivity index (χ1n) is 21.7. The molecule has 0 spiro atoms. The number of nitrogens with zero attached hydrogens (tertiary/aromatic N) is 2. The third-order valence-corrected chi connectivity index (χ3v) is 13.9. The van der Waals surface area contributed by atoms with Crippen molar-refractivity contribution in [1.82, 2.24) is 9.97 Å². The summed E-state index contributed by atoms with van der Waals surface area (Å²) in [4.78, 5) is 10.7. The molecule has 0 amide bonds. The maximum Gasteiger partial charge on any atom is 0.160 e. The number of hydrogen-bond donors (Lipinski definition) is 0. The van der Waals surface area contributed by atoms with Crippen LogP contribution in [-0.4, -0.2) is 9.97 Å². The zero-order valence-corrected chi connectivity index (χ0v) is 35.4. The van der Waals surface area contributed by atoms with Crippen LogP contribution in [0.5, 0.6) is 0 Å². The van der Waals surface area contributed by atoms with Crippen molar-refractivity contribution in [3.05, 3.63) is 216 Å². The normalized spacial score (nSPS) is 14.1. The van der Waals surface area contributed by atoms with Gasteiger partial charge in [0, 0.05) is 27.5 Å². The molecule has 0 fully saturated rings. The van der Waals surface area contributed by atoms with E-state index in [9.17, 15) is 0 Å². The molecule has 1 heterocycles. The van der Waals surface area contributed by atoms with Gasteiger partial charge in [0.1, 0.15) is 0 Å². The predicted octanol–water partition coefficient (Wildman–Crippen LogP) is 15.7. The van der Waals surface area contributed by atoms with Crippen LogP contribution in [0.3, 0.4) is 0 Å². The van der Waals surface area contributed by atoms with E-state index in [0.717, 1.165) is 33.5 Å². The quantitative estimate of drug-likeness (QED) is 0.173. The average molecular weight is 793 g/mol. The molecule has 0 atom stereocenters. The highest BCUT2D eigenvalue weighted by molar-refractivity contribution is 6.05. The Labute approximate surface area is 363 Å². The molecule has 294 valence electrons. The first kappa shape index (κ1) is 36.4. The van der Waals surface area contributed by atoms with Crippen LogP contribution in [0.1, 0.15) is 49.9 Å². The minimum Gasteiger partial charge on any atom is -0.228 e. The Balaban J connectivity index is 0.972. The van der Waals surface area contributed by atoms with Crippen LogP contribution in [-0.2, 0) is 10.8 Å². The summed E-state index contributed by atoms with van der Waals surface area (Å²) in [5.41, 5.74) is 20.4. The molecule has 2 nitrogen and oxygen atoms in total. The molecule has 0 bridgehead atoms. The smallest absolute Gasteiger partial charge is 0.160 e. The largest absolute Gasteiger partial charge is 0.228 e. The SMILES string of the molecule is CC1(C)c2ccccc2-c2ccc(-c3ccc(-c4ccc(-c5cc(-c6cccc7c6-c6cc8ccccc8cc6C7(C)C)nc(-c6ccccc6)n5)c5ccccc45)cc3)cc21. The van der Waals surface area contributed by atoms with Crippen LogP contribution >= 0.6 is 0 Å². The molecule has 1 aromatic heterocycles. The summed E-state index contributed by atoms with van der Waals surface area (Å²) in [7, 11) is 0. The highest BCUT2D eigenvalue weighted by atomic mass is 14.9. The summed E-state index contributed by atoms with van der Waals surface area (Å²) in [6, 6.07) is 71.1. The molecular weight excluding hydrogens is 749 g/mol. The van der Waals surface area contributed by atoms with Gasteiger partial charge in [-0.15, -0.1) is 0 Å². The lowest BCUT2D eigenvalue weighted by molar-refractivity contribution is 0.660. The van der Waals surface area contributed by atoms with Crippen molar-refractivity contribution in [3.8, 4) is 78.4 Å². The zero-order chi connectivity index (χ0) is 41.7. The monoisotopic (exact) mass is 792 g/mol. The van der Waals surface area contributed by atoms with Crippen molar-refractivity contribution in [2.24, 2.45) is 0 Å². The van der Waals surface area contributed by atoms with Gasteiger partial charge in [0.05, 0.1) is 11.4 Å². The molecule has 0 radical (unpaired) electrons. The van der Waals surface area contributed by atoms with Crippen molar-refractivity contribution < 1.29 is 0 Å². The molecule has 2 heteroatoms. The minimum absolute atomic E-state index is 0.0341. The van der Waals surface area contributed by atoms with Crippen molar-refractivity contribution in [1.29, 1.82) is 0 Å². The molecule has 0 aliphatic heterocycles. The second-order valence-corrected chi connectivity index (χ2v) is 18.1. The van der Waals surface area contributed by atoms with Crippen molar-refractivity contribution >= 4 is 21.5 Å². The van der Waals surface area contributed by atoms with Crippen LogP contribution < -0.4 is 0 Å². The van der Waals surface area contributed by atoms with E-state index in [1.165, 1.54) is 82.9 Å². The van der Waals surface area contributed by atoms with Gasteiger partial charge in [0.15, 0.2) is 5.82 Å². The van der Waals surface area contributed by atoms with Gasteiger partial charge >= 0.3 is 0 Å². The van der Waals surface area contributed by atoms with E-state index in [2.05, 4.69) is 216 Å². The Hall–Kier alpha value is -7.42. The van der Waals surface area contributed by atoms with E-state index >= 15 is 0 Å². The fourth-order valence-electron chi connectivity index (χ4n) is 10.6. The molecule has 2 aliphatic carbocycles. The van der Waals surface area contributed by atoms with E-state index < -0.39 is 0 Å². The van der Waals surface area contributed by atoms with Gasteiger partial charge in [-0.25, -0.2) is 9.97 Å². The Morgan fingerprint density at radius 2 is 0.839 bits per heavy atom. The van der Waals surface area contributed by atoms with Crippen molar-refractivity contribution in [3.63, 3.8) is 0 Å². The predicted molar refractivity (Wildman–Crippen MR) is 259 cm³/mol. The molecule has 0 saturated heterocycles. The van der Waals surface area contributed by atoms with Crippen LogP contribution in [0.15, 0.2) is 194 Å². The molecule has 10 aromatic rings. The van der Waals surface area contributed by atoms with Gasteiger partial charge in [-0.05, 0) is 113 Å². The Bertz CT molecular complexity index is 3450. The van der Waals surface area contributed by atoms with E-state index in [4.69, 9.17) is 9.97 Å². The third kappa shape index (κ3) is 5.49. The lowest BCUT2D eigenvalue weighted by Crippen LogP contribution is -2.14. The van der Waals surface area contributed by atoms with E-state index in [1.807, 2.05) is 6.07 Å². The zero-order valence-electron chi connectivity index (χ0n) is 35.4. The summed E-state index contributed by atoms with van der Waals surface area (Å²) in [5, 5.41) is 4.87. The molecule has 0 saturated carbocycles. The van der Waals surface area contributed by atoms with Gasteiger partial charge in [-0.1, -0.05) is 198 Å². The Morgan fingerprint density at radius 1 is 0.306 bits per heavy atom. The van der Waals surface area contributed by atoms with E-state index in [0.29, 0.717) is 5.82 Å². The first-order chi connectivity index (χ1) is 30.2. The topological polar surface area (TPSA) is 25.8 Å². The van der Waals surface area contributed by atoms with Gasteiger partial charge in [-0.3, -0.25) is 0 Å². The fourth-order valence-corrected chi connectivity index (χ4v) is 10.6. The highest BCUT2D eigenvalue weighted by Gasteiger charge is 2.38. The maximum absolute atomic E-state index is 5.36. The van der Waals surface area contributed by atoms with Crippen molar-refractivity contribution in [2.45, 2.75) is 38.5 Å². The maximum atomic E-state index is 5.36. The van der Waals surface area contributed by atoms with Gasteiger partial charge in [0.25, 0.3) is 0 Å². The lowest BCUT2D eigenvalue weighted by atomic mass is 9.81. The summed E-state index contributed by atoms with van der Waals surface area (Å²) in [5.74, 6) is 0.717. The summed E-state index contributed by atoms with van der Waals surface area (Å²) in [6.45, 7) is 9.40. The number of benzene rings is 9. The van der Waals surface area contributed by atoms with Gasteiger partial charge < -0.3 is 0 Å². The Morgan fingerprint density at radius 3 is 1.63 bits per heavy atom. The molecule has 2 aliphatic rings. The molecular formula is C60H44N2. The lowest BCUT2D eigenvalue weighted by Gasteiger charge is -2.22. The molecule has 62 heavy (non-hydrogen) atoms. The van der Waals surface area contributed by atoms with Gasteiger partial charge in [-0.2, -0.15) is 0 Å². The standard InChI is InChI=1S/C60H44N2/c1-59(2)51-23-13-12-21-46(51)47-30-29-42(35-53(47)59)37-25-27-38(28-26-37)43-31-32-48(45-20-11-10-19-44(43)45)55-36-56(62-58(61-55)39-15-6-5-7-16-39)49-22-14-24-52-57(49)50-33-40-17-8-9-18-41(40)34-54(50)60(52,3)4/h5-36H,1-4H3. The van der Waals surface area contributed by atoms with Gasteiger partial charge in [0.2, 0.25) is 0 Å². The van der Waals surface area contributed by atoms with Crippen LogP contribution in [0, 0.1) is 0 Å². The number of aromatic nitrogens is 2. The number of fused-ring (bicyclic) bond motifs is 8. The number of rotatable bonds is 5. The highest BCUT2D eigenvalue weighted by Crippen LogP contribution is 2.54. The second-order valence-electron chi connectivity index (χ2n) is 18.1. The fraction of sp³-hybridized carbons (Fsp3) is 0.100. The van der Waals surface area contributed by atoms with E-state index in [1.54, 1.807) is 0 Å². The molecule has 0 N–H and O–H groups in total. The number of hydrogen-bond acceptors (Lipinski definition) is 2. The molecule has 12 rings (SSSR count). The third-order valence-electron chi connectivity index (χ3n) is 13.9. The summed E-state index contributed by atoms with van der Waals surface area (Å²) < 4.78 is 0. The average Bonchev–Trinajstić information content (AvgIpc) is 3.69.